The molecule has 0 radical (unpaired) electrons. The maximum atomic E-state index is 12.0. The quantitative estimate of drug-likeness (QED) is 0.870. The first kappa shape index (κ1) is 13.6. The zero-order valence-electron chi connectivity index (χ0n) is 11.0. The molecule has 1 aromatic heterocycles. The highest BCUT2D eigenvalue weighted by Gasteiger charge is 2.08. The molecule has 0 aliphatic heterocycles. The zero-order valence-corrected chi connectivity index (χ0v) is 11.8. The molecular formula is C15H16N2OS. The van der Waals surface area contributed by atoms with E-state index >= 15 is 0 Å². The number of pyridine rings is 1. The molecule has 0 spiro atoms. The number of nitrogens with one attached hydrogen (secondary N) is 1. The number of nitrogens with zero attached hydrogens (tertiary/aromatic N) is 1. The Balaban J connectivity index is 2.04. The van der Waals surface area contributed by atoms with Crippen molar-refractivity contribution in [2.75, 3.05) is 6.26 Å². The summed E-state index contributed by atoms with van der Waals surface area (Å²) in [6.07, 6.45) is 2.03. The van der Waals surface area contributed by atoms with Gasteiger partial charge in [0.1, 0.15) is 5.69 Å². The lowest BCUT2D eigenvalue weighted by Gasteiger charge is -2.08. The Bertz CT molecular complexity index is 584. The van der Waals surface area contributed by atoms with Crippen molar-refractivity contribution < 1.29 is 4.79 Å². The van der Waals surface area contributed by atoms with Crippen molar-refractivity contribution >= 4 is 17.7 Å². The van der Waals surface area contributed by atoms with Crippen LogP contribution in [0, 0.1) is 6.92 Å². The van der Waals surface area contributed by atoms with E-state index in [0.29, 0.717) is 12.2 Å². The van der Waals surface area contributed by atoms with Gasteiger partial charge in [0.15, 0.2) is 0 Å². The van der Waals surface area contributed by atoms with Crippen molar-refractivity contribution in [1.82, 2.24) is 10.3 Å². The molecule has 1 amide bonds. The molecule has 0 aliphatic rings. The first-order valence-electron chi connectivity index (χ1n) is 6.04. The van der Waals surface area contributed by atoms with Crippen molar-refractivity contribution in [3.05, 3.63) is 59.4 Å². The summed E-state index contributed by atoms with van der Waals surface area (Å²) in [6.45, 7) is 2.39. The number of carbonyl (C=O) groups is 1. The van der Waals surface area contributed by atoms with Gasteiger partial charge in [-0.25, -0.2) is 4.98 Å². The summed E-state index contributed by atoms with van der Waals surface area (Å²) in [5.74, 6) is -0.139. The van der Waals surface area contributed by atoms with Crippen LogP contribution in [0.2, 0.25) is 0 Å². The average molecular weight is 272 g/mol. The number of carbonyl (C=O) groups excluding carboxylic acids is 1. The van der Waals surface area contributed by atoms with Gasteiger partial charge in [0.25, 0.3) is 5.91 Å². The van der Waals surface area contributed by atoms with Crippen molar-refractivity contribution in [2.45, 2.75) is 18.4 Å². The van der Waals surface area contributed by atoms with Crippen LogP contribution in [0.15, 0.2) is 47.4 Å². The maximum absolute atomic E-state index is 12.0. The van der Waals surface area contributed by atoms with E-state index in [0.717, 1.165) is 11.3 Å². The first-order valence-corrected chi connectivity index (χ1v) is 7.27. The van der Waals surface area contributed by atoms with Gasteiger partial charge in [0.2, 0.25) is 0 Å². The fourth-order valence-electron chi connectivity index (χ4n) is 1.78. The normalized spacial score (nSPS) is 10.2. The lowest BCUT2D eigenvalue weighted by Crippen LogP contribution is -2.24. The molecular weight excluding hydrogens is 256 g/mol. The van der Waals surface area contributed by atoms with Gasteiger partial charge >= 0.3 is 0 Å². The van der Waals surface area contributed by atoms with Gasteiger partial charge in [0.05, 0.1) is 0 Å². The van der Waals surface area contributed by atoms with Crippen molar-refractivity contribution in [2.24, 2.45) is 0 Å². The molecule has 4 heteroatoms. The third-order valence-electron chi connectivity index (χ3n) is 2.75. The molecule has 0 fully saturated rings. The highest BCUT2D eigenvalue weighted by atomic mass is 32.2. The van der Waals surface area contributed by atoms with Crippen LogP contribution in [-0.2, 0) is 6.54 Å². The number of aryl methyl sites for hydroxylation is 1. The first-order chi connectivity index (χ1) is 9.20. The largest absolute Gasteiger partial charge is 0.347 e. The smallest absolute Gasteiger partial charge is 0.270 e. The second kappa shape index (κ2) is 6.38. The minimum Gasteiger partial charge on any atom is -0.347 e. The monoisotopic (exact) mass is 272 g/mol. The number of hydrogen-bond acceptors (Lipinski definition) is 3. The van der Waals surface area contributed by atoms with Crippen LogP contribution in [0.4, 0.5) is 0 Å². The Kier molecular flexibility index (Phi) is 4.58. The van der Waals surface area contributed by atoms with Crippen LogP contribution in [0.25, 0.3) is 0 Å². The summed E-state index contributed by atoms with van der Waals surface area (Å²) in [7, 11) is 0. The van der Waals surface area contributed by atoms with Crippen molar-refractivity contribution in [3.8, 4) is 0 Å². The molecule has 1 aromatic carbocycles. The summed E-state index contributed by atoms with van der Waals surface area (Å²) in [6, 6.07) is 13.5. The highest BCUT2D eigenvalue weighted by Crippen LogP contribution is 2.19. The second-order valence-corrected chi connectivity index (χ2v) is 5.01. The lowest BCUT2D eigenvalue weighted by molar-refractivity contribution is 0.0945. The van der Waals surface area contributed by atoms with Gasteiger partial charge in [-0.1, -0.05) is 24.3 Å². The number of thioether (sulfide) groups is 1. The Hall–Kier alpha value is -1.81. The van der Waals surface area contributed by atoms with E-state index in [1.807, 2.05) is 43.5 Å². The fourth-order valence-corrected chi connectivity index (χ4v) is 2.40. The number of rotatable bonds is 4. The van der Waals surface area contributed by atoms with E-state index in [9.17, 15) is 4.79 Å². The van der Waals surface area contributed by atoms with E-state index in [-0.39, 0.29) is 5.91 Å². The van der Waals surface area contributed by atoms with Crippen LogP contribution in [-0.4, -0.2) is 17.1 Å². The van der Waals surface area contributed by atoms with E-state index in [1.54, 1.807) is 17.8 Å². The van der Waals surface area contributed by atoms with E-state index in [1.165, 1.54) is 4.90 Å². The Morgan fingerprint density at radius 3 is 2.74 bits per heavy atom. The average Bonchev–Trinajstić information content (AvgIpc) is 2.45. The van der Waals surface area contributed by atoms with Crippen LogP contribution in [0.5, 0.6) is 0 Å². The van der Waals surface area contributed by atoms with Crippen LogP contribution in [0.1, 0.15) is 21.7 Å². The fraction of sp³-hybridized carbons (Fsp3) is 0.200. The van der Waals surface area contributed by atoms with Gasteiger partial charge in [-0.15, -0.1) is 11.8 Å². The minimum absolute atomic E-state index is 0.139. The van der Waals surface area contributed by atoms with Crippen LogP contribution < -0.4 is 5.32 Å². The molecule has 2 aromatic rings. The molecule has 0 aliphatic carbocycles. The van der Waals surface area contributed by atoms with E-state index in [2.05, 4.69) is 16.4 Å². The van der Waals surface area contributed by atoms with Crippen LogP contribution in [0.3, 0.4) is 0 Å². The number of benzene rings is 1. The van der Waals surface area contributed by atoms with Gasteiger partial charge in [0, 0.05) is 17.1 Å². The summed E-state index contributed by atoms with van der Waals surface area (Å²) < 4.78 is 0. The molecule has 19 heavy (non-hydrogen) atoms. The topological polar surface area (TPSA) is 42.0 Å². The Labute approximate surface area is 117 Å². The molecule has 98 valence electrons. The van der Waals surface area contributed by atoms with Gasteiger partial charge in [-0.3, -0.25) is 4.79 Å². The van der Waals surface area contributed by atoms with Crippen LogP contribution >= 0.6 is 11.8 Å². The zero-order chi connectivity index (χ0) is 13.7. The summed E-state index contributed by atoms with van der Waals surface area (Å²) in [5, 5.41) is 2.90. The molecule has 0 bridgehead atoms. The number of hydrogen-bond donors (Lipinski definition) is 1. The Morgan fingerprint density at radius 2 is 2.00 bits per heavy atom. The van der Waals surface area contributed by atoms with Gasteiger partial charge < -0.3 is 5.32 Å². The molecule has 1 heterocycles. The number of aromatic nitrogens is 1. The standard InChI is InChI=1S/C15H16N2OS/c1-11-6-5-8-13(17-11)15(18)16-10-12-7-3-4-9-14(12)19-2/h3-9H,10H2,1-2H3,(H,16,18). The summed E-state index contributed by atoms with van der Waals surface area (Å²) in [5.41, 5.74) is 2.43. The molecule has 2 rings (SSSR count). The van der Waals surface area contributed by atoms with Crippen molar-refractivity contribution in [3.63, 3.8) is 0 Å². The number of amides is 1. The maximum Gasteiger partial charge on any atom is 0.270 e. The highest BCUT2D eigenvalue weighted by molar-refractivity contribution is 7.98. The molecule has 1 N–H and O–H groups in total. The summed E-state index contributed by atoms with van der Waals surface area (Å²) in [4.78, 5) is 17.4. The molecule has 0 saturated carbocycles. The minimum atomic E-state index is -0.139. The third-order valence-corrected chi connectivity index (χ3v) is 3.59. The molecule has 0 unspecified atom stereocenters. The van der Waals surface area contributed by atoms with Gasteiger partial charge in [-0.2, -0.15) is 0 Å². The van der Waals surface area contributed by atoms with Gasteiger partial charge in [-0.05, 0) is 36.9 Å². The Morgan fingerprint density at radius 1 is 1.21 bits per heavy atom. The second-order valence-electron chi connectivity index (χ2n) is 4.16. The lowest BCUT2D eigenvalue weighted by atomic mass is 10.2. The van der Waals surface area contributed by atoms with E-state index in [4.69, 9.17) is 0 Å². The predicted octanol–water partition coefficient (Wildman–Crippen LogP) is 3.04. The SMILES string of the molecule is CSc1ccccc1CNC(=O)c1cccc(C)n1. The third kappa shape index (κ3) is 3.58. The predicted molar refractivity (Wildman–Crippen MR) is 78.4 cm³/mol. The molecule has 0 saturated heterocycles. The van der Waals surface area contributed by atoms with Crippen molar-refractivity contribution in [1.29, 1.82) is 0 Å². The van der Waals surface area contributed by atoms with E-state index < -0.39 is 0 Å². The molecule has 0 atom stereocenters. The molecule has 3 nitrogen and oxygen atoms in total. The summed E-state index contributed by atoms with van der Waals surface area (Å²) >= 11 is 1.68.